The summed E-state index contributed by atoms with van der Waals surface area (Å²) in [6.45, 7) is 33.3. The zero-order valence-electron chi connectivity index (χ0n) is 49.8. The molecule has 2 atom stereocenters. The van der Waals surface area contributed by atoms with Crippen LogP contribution in [0.15, 0.2) is 194 Å². The van der Waals surface area contributed by atoms with Crippen LogP contribution in [0, 0.1) is 0 Å². The number of para-hydroxylation sites is 1. The highest BCUT2D eigenvalue weighted by Gasteiger charge is 2.60. The van der Waals surface area contributed by atoms with Gasteiger partial charge in [-0.3, -0.25) is 0 Å². The molecule has 0 aromatic heterocycles. The average molecular weight is 1040 g/mol. The standard InChI is InChI=1S/C76H78BN3/c1-71(2,3)52-34-38-63(57(43-52)49-25-17-15-18-26-49)78-66-40-36-54(73(7,8)9)45-62(66)77-61-37-33-55(74(10,11)12)46-67(61)79(64-39-35-53(72(4,5)6)44-58(64)50-27-19-16-20-28-50)69-48-56(47-68(78)70(69)77)80-65-32-24-23-31-60(65)75(13)42-41-51-29-21-22-30-59(51)76(75,80)14/h15-40,43-48H,41-42H2,1-14H3. The minimum Gasteiger partial charge on any atom is -0.330 e. The maximum absolute atomic E-state index is 2.78. The van der Waals surface area contributed by atoms with Crippen LogP contribution >= 0.6 is 0 Å². The van der Waals surface area contributed by atoms with Gasteiger partial charge in [0.1, 0.15) is 0 Å². The van der Waals surface area contributed by atoms with E-state index in [-0.39, 0.29) is 33.8 Å². The minimum absolute atomic E-state index is 0.0652. The van der Waals surface area contributed by atoms with Crippen molar-refractivity contribution in [1.82, 2.24) is 0 Å². The lowest BCUT2D eigenvalue weighted by atomic mass is 9.33. The Kier molecular flexibility index (Phi) is 11.7. The Morgan fingerprint density at radius 2 is 0.825 bits per heavy atom. The lowest BCUT2D eigenvalue weighted by Crippen LogP contribution is -2.61. The topological polar surface area (TPSA) is 9.72 Å². The van der Waals surface area contributed by atoms with Crippen molar-refractivity contribution in [2.24, 2.45) is 0 Å². The summed E-state index contributed by atoms with van der Waals surface area (Å²) in [5.41, 5.74) is 27.2. The molecule has 0 saturated heterocycles. The summed E-state index contributed by atoms with van der Waals surface area (Å²) in [6.07, 6.45) is 2.10. The van der Waals surface area contributed by atoms with Gasteiger partial charge in [0.05, 0.1) is 16.9 Å². The first-order valence-corrected chi connectivity index (χ1v) is 29.4. The minimum atomic E-state index is -0.422. The third kappa shape index (κ3) is 7.89. The molecule has 4 heteroatoms. The summed E-state index contributed by atoms with van der Waals surface area (Å²) in [4.78, 5) is 8.17. The predicted octanol–water partition coefficient (Wildman–Crippen LogP) is 18.6. The van der Waals surface area contributed by atoms with E-state index in [1.165, 1.54) is 123 Å². The lowest BCUT2D eigenvalue weighted by Gasteiger charge is -2.52. The number of fused-ring (bicyclic) bond motifs is 9. The molecule has 0 N–H and O–H groups in total. The number of hydrogen-bond donors (Lipinski definition) is 0. The van der Waals surface area contributed by atoms with Crippen LogP contribution in [0.25, 0.3) is 22.3 Å². The van der Waals surface area contributed by atoms with Crippen LogP contribution in [0.2, 0.25) is 0 Å². The second-order valence-corrected chi connectivity index (χ2v) is 28.2. The molecule has 3 aliphatic heterocycles. The SMILES string of the molecule is CC(C)(C)c1ccc2c(c1)B1c3ccc(C(C)(C)C)cc3N(c3ccc(C(C)(C)C)cc3-c3ccccc3)c3cc(N4c5ccccc5C5(C)CCc6ccccc6C45C)cc(c31)N2c1ccc(C(C)(C)C)cc1-c1ccccc1. The highest BCUT2D eigenvalue weighted by molar-refractivity contribution is 7.00. The normalized spacial score (nSPS) is 18.3. The van der Waals surface area contributed by atoms with Crippen LogP contribution in [0.4, 0.5) is 45.5 Å². The molecule has 1 aliphatic carbocycles. The molecule has 0 radical (unpaired) electrons. The van der Waals surface area contributed by atoms with Gasteiger partial charge >= 0.3 is 0 Å². The van der Waals surface area contributed by atoms with Gasteiger partial charge in [0.15, 0.2) is 0 Å². The fraction of sp³-hybridized carbons (Fsp3) is 0.289. The van der Waals surface area contributed by atoms with Crippen molar-refractivity contribution in [3.8, 4) is 22.3 Å². The van der Waals surface area contributed by atoms with E-state index in [0.29, 0.717) is 0 Å². The van der Waals surface area contributed by atoms with Crippen LogP contribution in [-0.2, 0) is 39.0 Å². The van der Waals surface area contributed by atoms with E-state index in [0.717, 1.165) is 12.8 Å². The van der Waals surface area contributed by atoms with E-state index in [2.05, 4.69) is 306 Å². The summed E-state index contributed by atoms with van der Waals surface area (Å²) in [5.74, 6) is 0. The monoisotopic (exact) mass is 1040 g/mol. The largest absolute Gasteiger partial charge is 0.330 e. The summed E-state index contributed by atoms with van der Waals surface area (Å²) < 4.78 is 0. The quantitative estimate of drug-likeness (QED) is 0.159. The van der Waals surface area contributed by atoms with Gasteiger partial charge in [-0.15, -0.1) is 0 Å². The molecule has 0 fully saturated rings. The molecule has 4 aliphatic rings. The van der Waals surface area contributed by atoms with Gasteiger partial charge < -0.3 is 14.7 Å². The van der Waals surface area contributed by atoms with Gasteiger partial charge in [0.2, 0.25) is 0 Å². The highest BCUT2D eigenvalue weighted by Crippen LogP contribution is 2.64. The Labute approximate surface area is 478 Å². The molecule has 400 valence electrons. The van der Waals surface area contributed by atoms with E-state index in [1.54, 1.807) is 0 Å². The van der Waals surface area contributed by atoms with E-state index in [4.69, 9.17) is 0 Å². The molecular formula is C76H78BN3. The van der Waals surface area contributed by atoms with Crippen LogP contribution in [0.3, 0.4) is 0 Å². The summed E-state index contributed by atoms with van der Waals surface area (Å²) in [5, 5.41) is 0. The molecule has 0 spiro atoms. The van der Waals surface area contributed by atoms with Crippen molar-refractivity contribution in [1.29, 1.82) is 0 Å². The van der Waals surface area contributed by atoms with Gasteiger partial charge in [-0.25, -0.2) is 0 Å². The number of rotatable bonds is 5. The fourth-order valence-corrected chi connectivity index (χ4v) is 14.3. The van der Waals surface area contributed by atoms with Crippen molar-refractivity contribution in [2.45, 2.75) is 142 Å². The molecule has 0 bridgehead atoms. The first kappa shape index (κ1) is 51.9. The second kappa shape index (κ2) is 18.0. The number of hydrogen-bond acceptors (Lipinski definition) is 3. The van der Waals surface area contributed by atoms with Gasteiger partial charge in [-0.05, 0) is 162 Å². The summed E-state index contributed by atoms with van der Waals surface area (Å²) in [6, 6.07) is 75.8. The smallest absolute Gasteiger partial charge is 0.252 e. The van der Waals surface area contributed by atoms with E-state index >= 15 is 0 Å². The molecule has 0 saturated carbocycles. The van der Waals surface area contributed by atoms with Crippen LogP contribution in [0.5, 0.6) is 0 Å². The van der Waals surface area contributed by atoms with Crippen LogP contribution in [-0.4, -0.2) is 6.71 Å². The number of aryl methyl sites for hydroxylation is 1. The molecule has 0 amide bonds. The number of benzene rings is 9. The van der Waals surface area contributed by atoms with E-state index in [9.17, 15) is 0 Å². The Hall–Kier alpha value is -7.56. The highest BCUT2D eigenvalue weighted by atomic mass is 15.3. The molecule has 3 heterocycles. The first-order valence-electron chi connectivity index (χ1n) is 29.4. The Bertz CT molecular complexity index is 3940. The van der Waals surface area contributed by atoms with Gasteiger partial charge in [0.25, 0.3) is 6.71 Å². The summed E-state index contributed by atoms with van der Waals surface area (Å²) in [7, 11) is 0. The van der Waals surface area contributed by atoms with E-state index in [1.807, 2.05) is 0 Å². The van der Waals surface area contributed by atoms with Crippen LogP contribution in [0.1, 0.15) is 142 Å². The molecular weight excluding hydrogens is 966 g/mol. The Morgan fingerprint density at radius 1 is 0.375 bits per heavy atom. The van der Waals surface area contributed by atoms with Crippen molar-refractivity contribution in [2.75, 3.05) is 14.7 Å². The maximum Gasteiger partial charge on any atom is 0.252 e. The third-order valence-electron chi connectivity index (χ3n) is 19.1. The fourth-order valence-electron chi connectivity index (χ4n) is 14.3. The number of nitrogens with zero attached hydrogens (tertiary/aromatic N) is 3. The van der Waals surface area contributed by atoms with Crippen molar-refractivity contribution in [3.05, 3.63) is 233 Å². The lowest BCUT2D eigenvalue weighted by molar-refractivity contribution is 0.245. The van der Waals surface area contributed by atoms with Crippen LogP contribution < -0.4 is 31.1 Å². The van der Waals surface area contributed by atoms with Gasteiger partial charge in [-0.1, -0.05) is 230 Å². The number of anilines is 8. The maximum atomic E-state index is 2.78. The molecule has 3 nitrogen and oxygen atoms in total. The van der Waals surface area contributed by atoms with Gasteiger partial charge in [-0.2, -0.15) is 0 Å². The second-order valence-electron chi connectivity index (χ2n) is 28.2. The zero-order valence-corrected chi connectivity index (χ0v) is 49.8. The molecule has 13 rings (SSSR count). The Morgan fingerprint density at radius 3 is 1.38 bits per heavy atom. The molecule has 9 aromatic rings. The molecule has 9 aromatic carbocycles. The molecule has 80 heavy (non-hydrogen) atoms. The Balaban J connectivity index is 1.22. The molecule has 2 unspecified atom stereocenters. The predicted molar refractivity (Wildman–Crippen MR) is 344 cm³/mol. The zero-order chi connectivity index (χ0) is 56.1. The first-order chi connectivity index (χ1) is 38.0. The van der Waals surface area contributed by atoms with Crippen molar-refractivity contribution >= 4 is 68.6 Å². The summed E-state index contributed by atoms with van der Waals surface area (Å²) >= 11 is 0. The average Bonchev–Trinajstić information content (AvgIpc) is 3.88. The third-order valence-corrected chi connectivity index (χ3v) is 19.1. The van der Waals surface area contributed by atoms with E-state index < -0.39 is 5.54 Å². The van der Waals surface area contributed by atoms with Crippen molar-refractivity contribution in [3.63, 3.8) is 0 Å². The van der Waals surface area contributed by atoms with Crippen molar-refractivity contribution < 1.29 is 0 Å². The van der Waals surface area contributed by atoms with Gasteiger partial charge in [0, 0.05) is 50.7 Å².